The third-order valence-corrected chi connectivity index (χ3v) is 8.74. The van der Waals surface area contributed by atoms with Crippen LogP contribution in [0.3, 0.4) is 0 Å². The summed E-state index contributed by atoms with van der Waals surface area (Å²) >= 11 is 6.33. The molecule has 3 N–H and O–H groups in total. The fraction of sp³-hybridized carbons (Fsp3) is 0.385. The molecule has 14 heteroatoms. The summed E-state index contributed by atoms with van der Waals surface area (Å²) < 4.78 is 31.1. The monoisotopic (exact) mass is 588 g/mol. The first-order chi connectivity index (χ1) is 19.1. The van der Waals surface area contributed by atoms with E-state index in [0.29, 0.717) is 23.7 Å². The van der Waals surface area contributed by atoms with Gasteiger partial charge < -0.3 is 25.6 Å². The van der Waals surface area contributed by atoms with E-state index >= 15 is 0 Å². The van der Waals surface area contributed by atoms with Crippen molar-refractivity contribution in [2.24, 2.45) is 0 Å². The van der Waals surface area contributed by atoms with Crippen molar-refractivity contribution in [2.75, 3.05) is 62.8 Å². The number of amides is 1. The number of carbonyl (C=O) groups is 1. The van der Waals surface area contributed by atoms with Gasteiger partial charge in [0.2, 0.25) is 11.9 Å². The highest BCUT2D eigenvalue weighted by atomic mass is 35.5. The van der Waals surface area contributed by atoms with E-state index in [1.807, 2.05) is 0 Å². The zero-order valence-electron chi connectivity index (χ0n) is 22.8. The largest absolute Gasteiger partial charge is 0.494 e. The molecule has 1 aliphatic heterocycles. The third-order valence-electron chi connectivity index (χ3n) is 6.35. The lowest BCUT2D eigenvalue weighted by molar-refractivity contribution is -0.117. The molecule has 0 spiro atoms. The summed E-state index contributed by atoms with van der Waals surface area (Å²) in [6.07, 6.45) is 2.81. The smallest absolute Gasteiger partial charge is 0.238 e. The van der Waals surface area contributed by atoms with E-state index < -0.39 is 15.1 Å². The number of piperazine rings is 1. The number of ether oxygens (including phenoxy) is 1. The number of sulfone groups is 1. The Balaban J connectivity index is 1.48. The lowest BCUT2D eigenvalue weighted by Crippen LogP contribution is -2.47. The van der Waals surface area contributed by atoms with E-state index in [1.54, 1.807) is 44.2 Å². The van der Waals surface area contributed by atoms with Crippen LogP contribution in [0.4, 0.5) is 28.8 Å². The number of carbonyl (C=O) groups excluding carboxylic acids is 1. The minimum Gasteiger partial charge on any atom is -0.494 e. The molecule has 0 radical (unpaired) electrons. The Morgan fingerprint density at radius 1 is 1.10 bits per heavy atom. The molecule has 1 saturated heterocycles. The van der Waals surface area contributed by atoms with Crippen LogP contribution in [0.5, 0.6) is 5.75 Å². The third kappa shape index (κ3) is 7.16. The van der Waals surface area contributed by atoms with Gasteiger partial charge in [0.1, 0.15) is 10.8 Å². The molecule has 1 amide bonds. The lowest BCUT2D eigenvalue weighted by atomic mass is 10.2. The summed E-state index contributed by atoms with van der Waals surface area (Å²) in [4.78, 5) is 29.7. The fourth-order valence-electron chi connectivity index (χ4n) is 3.98. The second-order valence-corrected chi connectivity index (χ2v) is 12.5. The van der Waals surface area contributed by atoms with E-state index in [2.05, 4.69) is 47.7 Å². The van der Waals surface area contributed by atoms with Crippen molar-refractivity contribution in [1.82, 2.24) is 24.8 Å². The first-order valence-corrected chi connectivity index (χ1v) is 14.6. The molecular weight excluding hydrogens is 556 g/mol. The average molecular weight is 589 g/mol. The zero-order chi connectivity index (χ0) is 28.9. The number of methoxy groups -OCH3 is 1. The van der Waals surface area contributed by atoms with Crippen LogP contribution in [0.25, 0.3) is 0 Å². The minimum atomic E-state index is -3.66. The summed E-state index contributed by atoms with van der Waals surface area (Å²) in [6.45, 7) is 7.07. The number of nitrogens with zero attached hydrogens (tertiary/aromatic N) is 5. The standard InChI is InChI=1S/C26H33ClN8O4S/c1-17(2)40(37,38)25-21(6-5-9-28-25)31-24-19(27)15-29-26(33-24)32-20-8-7-18(14-22(20)39-4)30-23(36)16-35-12-10-34(3)11-13-35/h5-9,14-15,17H,10-13,16H2,1-4H3,(H,30,36)(H2,29,31,32,33). The van der Waals surface area contributed by atoms with Gasteiger partial charge in [-0.3, -0.25) is 9.69 Å². The highest BCUT2D eigenvalue weighted by Gasteiger charge is 2.25. The molecule has 0 aliphatic carbocycles. The van der Waals surface area contributed by atoms with Crippen molar-refractivity contribution in [3.63, 3.8) is 0 Å². The molecular formula is C26H33ClN8O4S. The van der Waals surface area contributed by atoms with E-state index in [4.69, 9.17) is 16.3 Å². The molecule has 12 nitrogen and oxygen atoms in total. The topological polar surface area (TPSA) is 142 Å². The Labute approximate surface area is 239 Å². The summed E-state index contributed by atoms with van der Waals surface area (Å²) in [5, 5.41) is 8.41. The number of nitrogens with one attached hydrogen (secondary N) is 3. The number of likely N-dealkylation sites (N-methyl/N-ethyl adjacent to an activating group) is 1. The van der Waals surface area contributed by atoms with Crippen LogP contribution in [0.1, 0.15) is 13.8 Å². The number of hydrogen-bond donors (Lipinski definition) is 3. The van der Waals surface area contributed by atoms with E-state index in [9.17, 15) is 13.2 Å². The van der Waals surface area contributed by atoms with Crippen molar-refractivity contribution < 1.29 is 17.9 Å². The van der Waals surface area contributed by atoms with Gasteiger partial charge in [-0.2, -0.15) is 4.98 Å². The highest BCUT2D eigenvalue weighted by molar-refractivity contribution is 7.92. The van der Waals surface area contributed by atoms with Crippen LogP contribution in [-0.4, -0.2) is 91.2 Å². The fourth-order valence-corrected chi connectivity index (χ4v) is 5.20. The molecule has 4 rings (SSSR count). The van der Waals surface area contributed by atoms with Gasteiger partial charge in [-0.25, -0.2) is 18.4 Å². The lowest BCUT2D eigenvalue weighted by Gasteiger charge is -2.31. The van der Waals surface area contributed by atoms with Crippen LogP contribution in [0, 0.1) is 0 Å². The Bertz CT molecular complexity index is 1460. The minimum absolute atomic E-state index is 0.0962. The van der Waals surface area contributed by atoms with Crippen molar-refractivity contribution in [2.45, 2.75) is 24.1 Å². The van der Waals surface area contributed by atoms with E-state index in [0.717, 1.165) is 26.2 Å². The number of benzene rings is 1. The Hall–Kier alpha value is -3.52. The molecule has 3 heterocycles. The predicted molar refractivity (Wildman–Crippen MR) is 156 cm³/mol. The maximum Gasteiger partial charge on any atom is 0.238 e. The van der Waals surface area contributed by atoms with Crippen molar-refractivity contribution in [3.8, 4) is 5.75 Å². The molecule has 0 saturated carbocycles. The average Bonchev–Trinajstić information content (AvgIpc) is 2.92. The van der Waals surface area contributed by atoms with Gasteiger partial charge in [-0.05, 0) is 45.2 Å². The maximum atomic E-state index is 12.8. The first-order valence-electron chi connectivity index (χ1n) is 12.7. The molecule has 0 unspecified atom stereocenters. The molecule has 1 fully saturated rings. The molecule has 2 aromatic heterocycles. The Morgan fingerprint density at radius 3 is 2.55 bits per heavy atom. The van der Waals surface area contributed by atoms with E-state index in [1.165, 1.54) is 19.5 Å². The number of rotatable bonds is 10. The first kappa shape index (κ1) is 29.5. The van der Waals surface area contributed by atoms with Crippen LogP contribution in [0.15, 0.2) is 47.8 Å². The summed E-state index contributed by atoms with van der Waals surface area (Å²) in [6, 6.07) is 8.40. The van der Waals surface area contributed by atoms with Crippen molar-refractivity contribution in [3.05, 3.63) is 47.7 Å². The van der Waals surface area contributed by atoms with Crippen molar-refractivity contribution in [1.29, 1.82) is 0 Å². The summed E-state index contributed by atoms with van der Waals surface area (Å²) in [7, 11) is -0.0673. The van der Waals surface area contributed by atoms with Gasteiger partial charge in [-0.1, -0.05) is 11.6 Å². The quantitative estimate of drug-likeness (QED) is 0.321. The van der Waals surface area contributed by atoms with Crippen molar-refractivity contribution >= 4 is 56.2 Å². The van der Waals surface area contributed by atoms with Crippen LogP contribution in [0.2, 0.25) is 5.02 Å². The molecule has 3 aromatic rings. The molecule has 1 aliphatic rings. The number of halogens is 1. The van der Waals surface area contributed by atoms with Crippen LogP contribution in [-0.2, 0) is 14.6 Å². The van der Waals surface area contributed by atoms with Gasteiger partial charge in [0.25, 0.3) is 0 Å². The number of hydrogen-bond acceptors (Lipinski definition) is 11. The van der Waals surface area contributed by atoms with Gasteiger partial charge >= 0.3 is 0 Å². The number of aromatic nitrogens is 3. The van der Waals surface area contributed by atoms with Crippen LogP contribution < -0.4 is 20.7 Å². The Morgan fingerprint density at radius 2 is 1.85 bits per heavy atom. The maximum absolute atomic E-state index is 12.8. The summed E-state index contributed by atoms with van der Waals surface area (Å²) in [5.74, 6) is 0.745. The Kier molecular flexibility index (Phi) is 9.40. The second kappa shape index (κ2) is 12.8. The number of anilines is 5. The molecule has 0 atom stereocenters. The zero-order valence-corrected chi connectivity index (χ0v) is 24.4. The molecule has 214 valence electrons. The second-order valence-electron chi connectivity index (χ2n) is 9.63. The predicted octanol–water partition coefficient (Wildman–Crippen LogP) is 3.39. The van der Waals surface area contributed by atoms with Gasteiger partial charge in [0.15, 0.2) is 20.7 Å². The van der Waals surface area contributed by atoms with Gasteiger partial charge in [0, 0.05) is 44.1 Å². The van der Waals surface area contributed by atoms with Gasteiger partial charge in [-0.15, -0.1) is 0 Å². The normalized spacial score (nSPS) is 14.7. The van der Waals surface area contributed by atoms with Gasteiger partial charge in [0.05, 0.1) is 36.5 Å². The van der Waals surface area contributed by atoms with Crippen LogP contribution >= 0.6 is 11.6 Å². The molecule has 0 bridgehead atoms. The number of pyridine rings is 1. The molecule has 1 aromatic carbocycles. The highest BCUT2D eigenvalue weighted by Crippen LogP contribution is 2.32. The molecule has 40 heavy (non-hydrogen) atoms. The summed E-state index contributed by atoms with van der Waals surface area (Å²) in [5.41, 5.74) is 1.39. The SMILES string of the molecule is COc1cc(NC(=O)CN2CCN(C)CC2)ccc1Nc1ncc(Cl)c(Nc2cccnc2S(=O)(=O)C(C)C)n1. The van der Waals surface area contributed by atoms with E-state index in [-0.39, 0.29) is 33.4 Å².